The van der Waals surface area contributed by atoms with Gasteiger partial charge in [0.05, 0.1) is 25.5 Å². The zero-order chi connectivity index (χ0) is 20.4. The molecule has 0 amide bonds. The molecule has 1 aliphatic carbocycles. The van der Waals surface area contributed by atoms with Crippen molar-refractivity contribution in [1.29, 1.82) is 0 Å². The molecule has 0 radical (unpaired) electrons. The number of nitrogens with zero attached hydrogens (tertiary/aromatic N) is 2. The van der Waals surface area contributed by atoms with Crippen LogP contribution in [0.5, 0.6) is 0 Å². The zero-order valence-electron chi connectivity index (χ0n) is 15.5. The van der Waals surface area contributed by atoms with Gasteiger partial charge in [-0.1, -0.05) is 0 Å². The highest BCUT2D eigenvalue weighted by Crippen LogP contribution is 2.32. The number of aliphatic hydroxyl groups excluding tert-OH is 1. The van der Waals surface area contributed by atoms with Crippen LogP contribution in [0.1, 0.15) is 42.5 Å². The van der Waals surface area contributed by atoms with E-state index in [9.17, 15) is 13.2 Å². The van der Waals surface area contributed by atoms with Crippen molar-refractivity contribution in [2.45, 2.75) is 38.8 Å². The lowest BCUT2D eigenvalue weighted by molar-refractivity contribution is 0.0856. The first-order valence-corrected chi connectivity index (χ1v) is 10.4. The van der Waals surface area contributed by atoms with E-state index in [1.165, 1.54) is 12.4 Å². The van der Waals surface area contributed by atoms with Gasteiger partial charge >= 0.3 is 10.3 Å². The molecule has 1 aliphatic heterocycles. The van der Waals surface area contributed by atoms with E-state index < -0.39 is 15.7 Å². The molecule has 0 bridgehead atoms. The van der Waals surface area contributed by atoms with E-state index in [2.05, 4.69) is 14.5 Å². The first-order valence-electron chi connectivity index (χ1n) is 8.96. The maximum absolute atomic E-state index is 13.0. The number of hydrogen-bond donors (Lipinski definition) is 3. The molecule has 1 saturated carbocycles. The fourth-order valence-electron chi connectivity index (χ4n) is 3.48. The van der Waals surface area contributed by atoms with Crippen LogP contribution in [-0.4, -0.2) is 50.7 Å². The largest absolute Gasteiger partial charge is 0.455 e. The number of hydrogen-bond acceptors (Lipinski definition) is 8. The van der Waals surface area contributed by atoms with Crippen LogP contribution in [0, 0.1) is 11.3 Å². The molecule has 154 valence electrons. The van der Waals surface area contributed by atoms with Crippen molar-refractivity contribution in [3.8, 4) is 0 Å². The van der Waals surface area contributed by atoms with Gasteiger partial charge in [-0.3, -0.25) is 19.0 Å². The van der Waals surface area contributed by atoms with Gasteiger partial charge < -0.3 is 14.8 Å². The summed E-state index contributed by atoms with van der Waals surface area (Å²) in [6.45, 7) is 1.71. The van der Waals surface area contributed by atoms with E-state index in [0.29, 0.717) is 18.0 Å². The SMILES string of the molecule is CC1(C(=O)c2ccc(CO)o2)CN=CNC1=NC1CCC(COS(N)(=O)=O)C1. The van der Waals surface area contributed by atoms with Gasteiger partial charge in [-0.15, -0.1) is 0 Å². The lowest BCUT2D eigenvalue weighted by Gasteiger charge is -2.30. The number of nitrogens with two attached hydrogens (primary N) is 1. The van der Waals surface area contributed by atoms with Crippen LogP contribution in [0.3, 0.4) is 0 Å². The number of Topliss-reactive ketones (excluding diaryl/α,β-unsaturated/α-hetero) is 1. The van der Waals surface area contributed by atoms with Gasteiger partial charge in [0.25, 0.3) is 0 Å². The van der Waals surface area contributed by atoms with E-state index in [4.69, 9.17) is 19.7 Å². The van der Waals surface area contributed by atoms with Crippen molar-refractivity contribution in [1.82, 2.24) is 5.32 Å². The molecule has 3 unspecified atom stereocenters. The van der Waals surface area contributed by atoms with Gasteiger partial charge in [-0.05, 0) is 44.2 Å². The zero-order valence-corrected chi connectivity index (χ0v) is 16.3. The second-order valence-corrected chi connectivity index (χ2v) is 8.51. The highest BCUT2D eigenvalue weighted by molar-refractivity contribution is 7.84. The summed E-state index contributed by atoms with van der Waals surface area (Å²) in [5.74, 6) is 0.703. The molecule has 2 heterocycles. The predicted molar refractivity (Wildman–Crippen MR) is 101 cm³/mol. The summed E-state index contributed by atoms with van der Waals surface area (Å²) in [6, 6.07) is 3.02. The summed E-state index contributed by atoms with van der Waals surface area (Å²) in [6.07, 6.45) is 3.65. The molecular formula is C17H24N4O6S. The van der Waals surface area contributed by atoms with Gasteiger partial charge in [0.2, 0.25) is 5.78 Å². The van der Waals surface area contributed by atoms with Gasteiger partial charge in [0.15, 0.2) is 5.76 Å². The Bertz CT molecular complexity index is 893. The number of aliphatic imine (C=N–C) groups is 2. The van der Waals surface area contributed by atoms with Crippen LogP contribution < -0.4 is 10.5 Å². The van der Waals surface area contributed by atoms with Crippen LogP contribution in [0.2, 0.25) is 0 Å². The summed E-state index contributed by atoms with van der Waals surface area (Å²) in [7, 11) is -3.96. The Morgan fingerprint density at radius 1 is 1.50 bits per heavy atom. The Morgan fingerprint density at radius 3 is 2.96 bits per heavy atom. The first kappa shape index (κ1) is 20.6. The lowest BCUT2D eigenvalue weighted by atomic mass is 9.82. The Labute approximate surface area is 163 Å². The Balaban J connectivity index is 1.74. The summed E-state index contributed by atoms with van der Waals surface area (Å²) < 4.78 is 32.0. The molecule has 3 rings (SSSR count). The molecule has 1 aromatic heterocycles. The minimum Gasteiger partial charge on any atom is -0.455 e. The van der Waals surface area contributed by atoms with Crippen LogP contribution >= 0.6 is 0 Å². The number of carbonyl (C=O) groups is 1. The summed E-state index contributed by atoms with van der Waals surface area (Å²) in [5, 5.41) is 17.0. The van der Waals surface area contributed by atoms with Crippen LogP contribution in [-0.2, 0) is 21.1 Å². The van der Waals surface area contributed by atoms with E-state index in [1.807, 2.05) is 0 Å². The van der Waals surface area contributed by atoms with E-state index in [1.54, 1.807) is 13.0 Å². The number of carbonyl (C=O) groups excluding carboxylic acids is 1. The van der Waals surface area contributed by atoms with Crippen molar-refractivity contribution in [3.63, 3.8) is 0 Å². The number of rotatable bonds is 7. The highest BCUT2D eigenvalue weighted by Gasteiger charge is 2.43. The fraction of sp³-hybridized carbons (Fsp3) is 0.588. The third-order valence-corrected chi connectivity index (χ3v) is 5.52. The Kier molecular flexibility index (Phi) is 5.98. The van der Waals surface area contributed by atoms with Crippen LogP contribution in [0.25, 0.3) is 0 Å². The standard InChI is InChI=1S/C17H24N4O6S/c1-17(15(23)14-5-4-13(7-22)27-14)9-19-10-20-16(17)21-12-3-2-11(6-12)8-26-28(18,24)25/h4-5,10-12,22H,2-3,6-9H2,1H3,(H2,18,24,25)(H,19,20,21). The van der Waals surface area contributed by atoms with Crippen molar-refractivity contribution < 1.29 is 26.9 Å². The third-order valence-electron chi connectivity index (χ3n) is 5.06. The van der Waals surface area contributed by atoms with Crippen LogP contribution in [0.4, 0.5) is 0 Å². The molecule has 1 aromatic rings. The molecule has 10 nitrogen and oxygen atoms in total. The predicted octanol–water partition coefficient (Wildman–Crippen LogP) is 0.380. The molecule has 4 N–H and O–H groups in total. The maximum atomic E-state index is 13.0. The van der Waals surface area contributed by atoms with Crippen molar-refractivity contribution >= 4 is 28.3 Å². The third kappa shape index (κ3) is 4.66. The summed E-state index contributed by atoms with van der Waals surface area (Å²) in [5.41, 5.74) is -1.02. The normalized spacial score (nSPS) is 29.2. The summed E-state index contributed by atoms with van der Waals surface area (Å²) in [4.78, 5) is 21.9. The number of ketones is 1. The van der Waals surface area contributed by atoms with Gasteiger partial charge in [0, 0.05) is 0 Å². The minimum atomic E-state index is -3.96. The Hall–Kier alpha value is -2.08. The van der Waals surface area contributed by atoms with Crippen molar-refractivity contribution in [2.24, 2.45) is 26.5 Å². The fourth-order valence-corrected chi connectivity index (χ4v) is 3.86. The molecular weight excluding hydrogens is 388 g/mol. The topological polar surface area (TPSA) is 157 Å². The van der Waals surface area contributed by atoms with Gasteiger partial charge in [-0.25, -0.2) is 5.14 Å². The molecule has 0 aromatic carbocycles. The van der Waals surface area contributed by atoms with Crippen molar-refractivity contribution in [2.75, 3.05) is 13.2 Å². The van der Waals surface area contributed by atoms with E-state index in [-0.39, 0.29) is 43.3 Å². The summed E-state index contributed by atoms with van der Waals surface area (Å²) >= 11 is 0. The average Bonchev–Trinajstić information content (AvgIpc) is 3.30. The average molecular weight is 412 g/mol. The molecule has 0 spiro atoms. The number of furan rings is 1. The second kappa shape index (κ2) is 8.11. The molecule has 1 fully saturated rings. The lowest BCUT2D eigenvalue weighted by Crippen LogP contribution is -2.49. The molecule has 3 atom stereocenters. The number of nitrogens with one attached hydrogen (secondary N) is 1. The number of aliphatic hydroxyl groups is 1. The quantitative estimate of drug-likeness (QED) is 0.546. The highest BCUT2D eigenvalue weighted by atomic mass is 32.2. The van der Waals surface area contributed by atoms with E-state index >= 15 is 0 Å². The van der Waals surface area contributed by atoms with E-state index in [0.717, 1.165) is 12.8 Å². The van der Waals surface area contributed by atoms with Crippen molar-refractivity contribution in [3.05, 3.63) is 23.7 Å². The monoisotopic (exact) mass is 412 g/mol. The number of amidine groups is 1. The van der Waals surface area contributed by atoms with Crippen LogP contribution in [0.15, 0.2) is 26.5 Å². The maximum Gasteiger partial charge on any atom is 0.333 e. The van der Waals surface area contributed by atoms with Gasteiger partial charge in [0.1, 0.15) is 23.6 Å². The molecule has 0 saturated heterocycles. The minimum absolute atomic E-state index is 0.0294. The molecule has 2 aliphatic rings. The first-order chi connectivity index (χ1) is 13.2. The Morgan fingerprint density at radius 2 is 2.29 bits per heavy atom. The molecule has 28 heavy (non-hydrogen) atoms. The smallest absolute Gasteiger partial charge is 0.333 e. The van der Waals surface area contributed by atoms with Gasteiger partial charge in [-0.2, -0.15) is 8.42 Å². The second-order valence-electron chi connectivity index (χ2n) is 7.29. The molecule has 11 heteroatoms.